The zero-order valence-electron chi connectivity index (χ0n) is 7.39. The molecule has 1 heterocycles. The van der Waals surface area contributed by atoms with Crippen LogP contribution in [0, 0.1) is 6.92 Å². The van der Waals surface area contributed by atoms with Gasteiger partial charge in [-0.05, 0) is 13.3 Å². The second-order valence-corrected chi connectivity index (χ2v) is 2.65. The van der Waals surface area contributed by atoms with Gasteiger partial charge in [0.05, 0.1) is 5.69 Å². The van der Waals surface area contributed by atoms with Crippen LogP contribution in [0.15, 0.2) is 6.20 Å². The molecule has 0 bridgehead atoms. The summed E-state index contributed by atoms with van der Waals surface area (Å²) < 4.78 is 2.13. The van der Waals surface area contributed by atoms with Crippen molar-refractivity contribution in [2.75, 3.05) is 12.4 Å². The molecule has 0 aliphatic heterocycles. The fraction of sp³-hybridized carbons (Fsp3) is 0.625. The number of nitrogens with one attached hydrogen (secondary N) is 1. The molecule has 1 aromatic heterocycles. The monoisotopic (exact) mass is 153 g/mol. The Labute approximate surface area is 67.4 Å². The maximum absolute atomic E-state index is 4.30. The summed E-state index contributed by atoms with van der Waals surface area (Å²) in [5, 5.41) is 3.05. The maximum atomic E-state index is 4.30. The molecular formula is C8H15N3. The Morgan fingerprint density at radius 3 is 2.91 bits per heavy atom. The lowest BCUT2D eigenvalue weighted by Crippen LogP contribution is -2.01. The first-order valence-electron chi connectivity index (χ1n) is 3.99. The number of aryl methyl sites for hydroxylation is 2. The lowest BCUT2D eigenvalue weighted by molar-refractivity contribution is 0.685. The van der Waals surface area contributed by atoms with Crippen molar-refractivity contribution in [3.8, 4) is 0 Å². The van der Waals surface area contributed by atoms with Crippen LogP contribution in [0.25, 0.3) is 0 Å². The van der Waals surface area contributed by atoms with Crippen LogP contribution in [-0.4, -0.2) is 16.6 Å². The Bertz CT molecular complexity index is 227. The van der Waals surface area contributed by atoms with Gasteiger partial charge >= 0.3 is 0 Å². The van der Waals surface area contributed by atoms with Crippen LogP contribution in [0.3, 0.4) is 0 Å². The average Bonchev–Trinajstić information content (AvgIpc) is 2.32. The average molecular weight is 153 g/mol. The second kappa shape index (κ2) is 3.42. The third-order valence-electron chi connectivity index (χ3n) is 1.59. The number of hydrogen-bond donors (Lipinski definition) is 1. The molecule has 0 unspecified atom stereocenters. The van der Waals surface area contributed by atoms with Crippen molar-refractivity contribution in [1.82, 2.24) is 9.55 Å². The molecule has 0 aliphatic carbocycles. The van der Waals surface area contributed by atoms with E-state index >= 15 is 0 Å². The number of nitrogens with zero attached hydrogens (tertiary/aromatic N) is 2. The standard InChI is InChI=1S/C8H15N3/c1-4-5-11-6-7(2)10-8(11)9-3/h6H,4-5H2,1-3H3,(H,9,10). The fourth-order valence-electron chi connectivity index (χ4n) is 1.16. The van der Waals surface area contributed by atoms with E-state index in [4.69, 9.17) is 0 Å². The molecular weight excluding hydrogens is 138 g/mol. The van der Waals surface area contributed by atoms with E-state index in [0.29, 0.717) is 0 Å². The van der Waals surface area contributed by atoms with Crippen molar-refractivity contribution in [2.45, 2.75) is 26.8 Å². The molecule has 0 saturated carbocycles. The highest BCUT2D eigenvalue weighted by Gasteiger charge is 2.00. The van der Waals surface area contributed by atoms with E-state index in [2.05, 4.69) is 28.0 Å². The number of rotatable bonds is 3. The van der Waals surface area contributed by atoms with Gasteiger partial charge in [-0.1, -0.05) is 6.92 Å². The van der Waals surface area contributed by atoms with Crippen molar-refractivity contribution in [1.29, 1.82) is 0 Å². The molecule has 0 aromatic carbocycles. The molecule has 11 heavy (non-hydrogen) atoms. The van der Waals surface area contributed by atoms with Crippen LogP contribution >= 0.6 is 0 Å². The molecule has 62 valence electrons. The predicted octanol–water partition coefficient (Wildman–Crippen LogP) is 1.64. The number of aromatic nitrogens is 2. The lowest BCUT2D eigenvalue weighted by Gasteiger charge is -2.03. The Morgan fingerprint density at radius 2 is 2.36 bits per heavy atom. The van der Waals surface area contributed by atoms with E-state index in [1.165, 1.54) is 0 Å². The molecule has 0 fully saturated rings. The molecule has 0 radical (unpaired) electrons. The van der Waals surface area contributed by atoms with E-state index in [0.717, 1.165) is 24.6 Å². The minimum absolute atomic E-state index is 0.962. The van der Waals surface area contributed by atoms with Gasteiger partial charge in [-0.25, -0.2) is 4.98 Å². The summed E-state index contributed by atoms with van der Waals surface area (Å²) >= 11 is 0. The fourth-order valence-corrected chi connectivity index (χ4v) is 1.16. The molecule has 0 amide bonds. The topological polar surface area (TPSA) is 29.9 Å². The number of imidazole rings is 1. The first kappa shape index (κ1) is 8.11. The molecule has 1 aromatic rings. The second-order valence-electron chi connectivity index (χ2n) is 2.65. The summed E-state index contributed by atoms with van der Waals surface area (Å²) in [5.74, 6) is 0.962. The molecule has 0 spiro atoms. The Kier molecular flexibility index (Phi) is 2.52. The minimum atomic E-state index is 0.962. The van der Waals surface area contributed by atoms with Crippen molar-refractivity contribution in [3.63, 3.8) is 0 Å². The maximum Gasteiger partial charge on any atom is 0.202 e. The highest BCUT2D eigenvalue weighted by Crippen LogP contribution is 2.07. The highest BCUT2D eigenvalue weighted by molar-refractivity contribution is 5.27. The van der Waals surface area contributed by atoms with Gasteiger partial charge in [-0.3, -0.25) is 0 Å². The molecule has 0 saturated heterocycles. The Hall–Kier alpha value is -0.990. The molecule has 3 nitrogen and oxygen atoms in total. The van der Waals surface area contributed by atoms with E-state index in [9.17, 15) is 0 Å². The normalized spacial score (nSPS) is 10.1. The summed E-state index contributed by atoms with van der Waals surface area (Å²) in [6.45, 7) is 5.21. The molecule has 0 aliphatic rings. The third kappa shape index (κ3) is 1.73. The largest absolute Gasteiger partial charge is 0.359 e. The zero-order valence-corrected chi connectivity index (χ0v) is 7.39. The van der Waals surface area contributed by atoms with Gasteiger partial charge in [0.1, 0.15) is 0 Å². The summed E-state index contributed by atoms with van der Waals surface area (Å²) in [5.41, 5.74) is 1.07. The van der Waals surface area contributed by atoms with Gasteiger partial charge in [0.25, 0.3) is 0 Å². The van der Waals surface area contributed by atoms with Crippen molar-refractivity contribution in [3.05, 3.63) is 11.9 Å². The van der Waals surface area contributed by atoms with Gasteiger partial charge in [0.15, 0.2) is 0 Å². The van der Waals surface area contributed by atoms with Crippen LogP contribution in [-0.2, 0) is 6.54 Å². The van der Waals surface area contributed by atoms with Crippen molar-refractivity contribution >= 4 is 5.95 Å². The molecule has 0 atom stereocenters. The van der Waals surface area contributed by atoms with Crippen LogP contribution in [0.2, 0.25) is 0 Å². The Morgan fingerprint density at radius 1 is 1.64 bits per heavy atom. The van der Waals surface area contributed by atoms with Crippen molar-refractivity contribution in [2.24, 2.45) is 0 Å². The Balaban J connectivity index is 2.83. The molecule has 3 heteroatoms. The quantitative estimate of drug-likeness (QED) is 0.715. The summed E-state index contributed by atoms with van der Waals surface area (Å²) in [6.07, 6.45) is 3.21. The van der Waals surface area contributed by atoms with E-state index in [1.807, 2.05) is 14.0 Å². The molecule has 1 N–H and O–H groups in total. The number of anilines is 1. The van der Waals surface area contributed by atoms with Gasteiger partial charge < -0.3 is 9.88 Å². The first-order chi connectivity index (χ1) is 5.27. The van der Waals surface area contributed by atoms with E-state index < -0.39 is 0 Å². The summed E-state index contributed by atoms with van der Waals surface area (Å²) in [6, 6.07) is 0. The molecule has 1 rings (SSSR count). The highest BCUT2D eigenvalue weighted by atomic mass is 15.2. The first-order valence-corrected chi connectivity index (χ1v) is 3.99. The lowest BCUT2D eigenvalue weighted by atomic mass is 10.5. The smallest absolute Gasteiger partial charge is 0.202 e. The van der Waals surface area contributed by atoms with E-state index in [1.54, 1.807) is 0 Å². The summed E-state index contributed by atoms with van der Waals surface area (Å²) in [4.78, 5) is 4.30. The van der Waals surface area contributed by atoms with E-state index in [-0.39, 0.29) is 0 Å². The van der Waals surface area contributed by atoms with Crippen LogP contribution in [0.5, 0.6) is 0 Å². The predicted molar refractivity (Wildman–Crippen MR) is 46.8 cm³/mol. The van der Waals surface area contributed by atoms with Crippen LogP contribution in [0.4, 0.5) is 5.95 Å². The zero-order chi connectivity index (χ0) is 8.27. The summed E-state index contributed by atoms with van der Waals surface area (Å²) in [7, 11) is 1.90. The SMILES string of the molecule is CCCn1cc(C)nc1NC. The van der Waals surface area contributed by atoms with Gasteiger partial charge in [0.2, 0.25) is 5.95 Å². The minimum Gasteiger partial charge on any atom is -0.359 e. The van der Waals surface area contributed by atoms with Gasteiger partial charge in [0, 0.05) is 19.8 Å². The van der Waals surface area contributed by atoms with Crippen molar-refractivity contribution < 1.29 is 0 Å². The number of hydrogen-bond acceptors (Lipinski definition) is 2. The van der Waals surface area contributed by atoms with Crippen LogP contribution < -0.4 is 5.32 Å². The van der Waals surface area contributed by atoms with Gasteiger partial charge in [-0.15, -0.1) is 0 Å². The third-order valence-corrected chi connectivity index (χ3v) is 1.59. The van der Waals surface area contributed by atoms with Crippen LogP contribution in [0.1, 0.15) is 19.0 Å². The van der Waals surface area contributed by atoms with Gasteiger partial charge in [-0.2, -0.15) is 0 Å².